The van der Waals surface area contributed by atoms with E-state index in [9.17, 15) is 9.18 Å². The van der Waals surface area contributed by atoms with E-state index < -0.39 is 11.9 Å². The van der Waals surface area contributed by atoms with Crippen LogP contribution in [0.25, 0.3) is 0 Å². The highest BCUT2D eigenvalue weighted by Crippen LogP contribution is 2.13. The van der Waals surface area contributed by atoms with E-state index in [0.29, 0.717) is 30.8 Å². The summed E-state index contributed by atoms with van der Waals surface area (Å²) in [6, 6.07) is 5.82. The molecule has 1 N–H and O–H groups in total. The van der Waals surface area contributed by atoms with Gasteiger partial charge in [0.2, 0.25) is 0 Å². The molecular formula is C13H14FN3O. The van der Waals surface area contributed by atoms with Gasteiger partial charge in [-0.1, -0.05) is 0 Å². The summed E-state index contributed by atoms with van der Waals surface area (Å²) in [4.78, 5) is 13.7. The SMILES string of the molecule is Cc1cc(F)cc(C(=O)N2CCNCC2C#N)c1. The van der Waals surface area contributed by atoms with Gasteiger partial charge < -0.3 is 10.2 Å². The van der Waals surface area contributed by atoms with Crippen molar-refractivity contribution in [3.05, 3.63) is 35.1 Å². The number of aryl methyl sites for hydroxylation is 1. The van der Waals surface area contributed by atoms with Gasteiger partial charge >= 0.3 is 0 Å². The van der Waals surface area contributed by atoms with E-state index in [1.165, 1.54) is 17.0 Å². The van der Waals surface area contributed by atoms with Crippen LogP contribution >= 0.6 is 0 Å². The maximum absolute atomic E-state index is 13.3. The minimum atomic E-state index is -0.491. The number of nitrogens with one attached hydrogen (secondary N) is 1. The van der Waals surface area contributed by atoms with Crippen LogP contribution < -0.4 is 5.32 Å². The van der Waals surface area contributed by atoms with Crippen molar-refractivity contribution < 1.29 is 9.18 Å². The fourth-order valence-electron chi connectivity index (χ4n) is 2.09. The number of nitrogens with zero attached hydrogens (tertiary/aromatic N) is 2. The van der Waals surface area contributed by atoms with Crippen molar-refractivity contribution in [3.63, 3.8) is 0 Å². The van der Waals surface area contributed by atoms with Crippen molar-refractivity contribution in [2.45, 2.75) is 13.0 Å². The third-order valence-corrected chi connectivity index (χ3v) is 2.94. The topological polar surface area (TPSA) is 56.1 Å². The van der Waals surface area contributed by atoms with E-state index in [2.05, 4.69) is 11.4 Å². The van der Waals surface area contributed by atoms with Gasteiger partial charge in [-0.2, -0.15) is 5.26 Å². The van der Waals surface area contributed by atoms with Gasteiger partial charge in [0.25, 0.3) is 5.91 Å². The van der Waals surface area contributed by atoms with E-state index in [1.807, 2.05) is 0 Å². The number of nitriles is 1. The third-order valence-electron chi connectivity index (χ3n) is 2.94. The summed E-state index contributed by atoms with van der Waals surface area (Å²) in [5, 5.41) is 12.1. The molecule has 94 valence electrons. The van der Waals surface area contributed by atoms with Crippen molar-refractivity contribution >= 4 is 5.91 Å². The number of benzene rings is 1. The monoisotopic (exact) mass is 247 g/mol. The van der Waals surface area contributed by atoms with Gasteiger partial charge in [0.1, 0.15) is 11.9 Å². The molecular weight excluding hydrogens is 233 g/mol. The molecule has 1 aliphatic rings. The van der Waals surface area contributed by atoms with E-state index in [-0.39, 0.29) is 5.91 Å². The van der Waals surface area contributed by atoms with Crippen molar-refractivity contribution in [1.82, 2.24) is 10.2 Å². The summed E-state index contributed by atoms with van der Waals surface area (Å²) >= 11 is 0. The predicted octanol–water partition coefficient (Wildman–Crippen LogP) is 1.07. The van der Waals surface area contributed by atoms with Crippen LogP contribution in [-0.4, -0.2) is 36.5 Å². The van der Waals surface area contributed by atoms with E-state index in [4.69, 9.17) is 5.26 Å². The normalized spacial score (nSPS) is 19.4. The molecule has 1 heterocycles. The first-order chi connectivity index (χ1) is 8.61. The lowest BCUT2D eigenvalue weighted by atomic mass is 10.1. The molecule has 0 bridgehead atoms. The Labute approximate surface area is 105 Å². The van der Waals surface area contributed by atoms with Crippen LogP contribution in [0.2, 0.25) is 0 Å². The van der Waals surface area contributed by atoms with E-state index in [0.717, 1.165) is 0 Å². The van der Waals surface area contributed by atoms with Crippen LogP contribution in [-0.2, 0) is 0 Å². The van der Waals surface area contributed by atoms with Crippen molar-refractivity contribution in [3.8, 4) is 6.07 Å². The number of carbonyl (C=O) groups excluding carboxylic acids is 1. The van der Waals surface area contributed by atoms with Crippen LogP contribution in [0, 0.1) is 24.1 Å². The molecule has 1 aliphatic heterocycles. The minimum absolute atomic E-state index is 0.286. The maximum atomic E-state index is 13.3. The van der Waals surface area contributed by atoms with Gasteiger partial charge in [0, 0.05) is 25.2 Å². The number of carbonyl (C=O) groups is 1. The average Bonchev–Trinajstić information content (AvgIpc) is 2.36. The van der Waals surface area contributed by atoms with Crippen molar-refractivity contribution in [2.24, 2.45) is 0 Å². The number of piperazine rings is 1. The molecule has 2 rings (SSSR count). The van der Waals surface area contributed by atoms with Gasteiger partial charge in [-0.15, -0.1) is 0 Å². The third kappa shape index (κ3) is 2.49. The lowest BCUT2D eigenvalue weighted by Crippen LogP contribution is -2.53. The average molecular weight is 247 g/mol. The molecule has 4 nitrogen and oxygen atoms in total. The predicted molar refractivity (Wildman–Crippen MR) is 64.4 cm³/mol. The zero-order valence-corrected chi connectivity index (χ0v) is 10.1. The van der Waals surface area contributed by atoms with Crippen LogP contribution in [0.5, 0.6) is 0 Å². The summed E-state index contributed by atoms with van der Waals surface area (Å²) in [5.74, 6) is -0.715. The molecule has 0 saturated carbocycles. The van der Waals surface area contributed by atoms with E-state index >= 15 is 0 Å². The Hall–Kier alpha value is -1.93. The zero-order chi connectivity index (χ0) is 13.1. The summed E-state index contributed by atoms with van der Waals surface area (Å²) in [7, 11) is 0. The highest BCUT2D eigenvalue weighted by Gasteiger charge is 2.27. The Morgan fingerprint density at radius 3 is 3.00 bits per heavy atom. The first-order valence-electron chi connectivity index (χ1n) is 5.80. The Morgan fingerprint density at radius 2 is 2.33 bits per heavy atom. The number of hydrogen-bond donors (Lipinski definition) is 1. The molecule has 1 unspecified atom stereocenters. The van der Waals surface area contributed by atoms with Crippen molar-refractivity contribution in [1.29, 1.82) is 5.26 Å². The molecule has 1 fully saturated rings. The van der Waals surface area contributed by atoms with Gasteiger partial charge in [-0.05, 0) is 30.7 Å². The Kier molecular flexibility index (Phi) is 3.58. The van der Waals surface area contributed by atoms with Gasteiger partial charge in [0.15, 0.2) is 0 Å². The van der Waals surface area contributed by atoms with Crippen molar-refractivity contribution in [2.75, 3.05) is 19.6 Å². The molecule has 0 aromatic heterocycles. The minimum Gasteiger partial charge on any atom is -0.320 e. The highest BCUT2D eigenvalue weighted by molar-refractivity contribution is 5.95. The van der Waals surface area contributed by atoms with Crippen LogP contribution in [0.1, 0.15) is 15.9 Å². The summed E-state index contributed by atoms with van der Waals surface area (Å²) in [6.07, 6.45) is 0. The highest BCUT2D eigenvalue weighted by atomic mass is 19.1. The fraction of sp³-hybridized carbons (Fsp3) is 0.385. The van der Waals surface area contributed by atoms with Crippen LogP contribution in [0.15, 0.2) is 18.2 Å². The molecule has 0 aliphatic carbocycles. The Bertz CT molecular complexity index is 489. The lowest BCUT2D eigenvalue weighted by molar-refractivity contribution is 0.0686. The number of hydrogen-bond acceptors (Lipinski definition) is 3. The fourth-order valence-corrected chi connectivity index (χ4v) is 2.09. The Balaban J connectivity index is 2.27. The molecule has 5 heteroatoms. The largest absolute Gasteiger partial charge is 0.320 e. The smallest absolute Gasteiger partial charge is 0.255 e. The number of rotatable bonds is 1. The second-order valence-corrected chi connectivity index (χ2v) is 4.36. The second kappa shape index (κ2) is 5.15. The molecule has 0 radical (unpaired) electrons. The van der Waals surface area contributed by atoms with Gasteiger partial charge in [-0.3, -0.25) is 4.79 Å². The molecule has 1 aromatic rings. The molecule has 1 atom stereocenters. The lowest BCUT2D eigenvalue weighted by Gasteiger charge is -2.32. The number of amides is 1. The quantitative estimate of drug-likeness (QED) is 0.807. The second-order valence-electron chi connectivity index (χ2n) is 4.36. The molecule has 1 amide bonds. The van der Waals surface area contributed by atoms with Crippen LogP contribution in [0.3, 0.4) is 0 Å². The molecule has 0 spiro atoms. The number of halogens is 1. The van der Waals surface area contributed by atoms with Gasteiger partial charge in [-0.25, -0.2) is 4.39 Å². The summed E-state index contributed by atoms with van der Waals surface area (Å²) in [6.45, 7) is 3.31. The standard InChI is InChI=1S/C13H14FN3O/c1-9-4-10(6-11(14)5-9)13(18)17-3-2-16-8-12(17)7-15/h4-6,12,16H,2-3,8H2,1H3. The first-order valence-corrected chi connectivity index (χ1v) is 5.80. The summed E-state index contributed by atoms with van der Waals surface area (Å²) in [5.41, 5.74) is 0.997. The van der Waals surface area contributed by atoms with Crippen LogP contribution in [0.4, 0.5) is 4.39 Å². The Morgan fingerprint density at radius 1 is 1.56 bits per heavy atom. The summed E-state index contributed by atoms with van der Waals surface area (Å²) < 4.78 is 13.3. The zero-order valence-electron chi connectivity index (χ0n) is 10.1. The first kappa shape index (κ1) is 12.5. The molecule has 1 saturated heterocycles. The van der Waals surface area contributed by atoms with E-state index in [1.54, 1.807) is 13.0 Å². The maximum Gasteiger partial charge on any atom is 0.255 e. The van der Waals surface area contributed by atoms with Gasteiger partial charge in [0.05, 0.1) is 6.07 Å². The molecule has 1 aromatic carbocycles. The molecule has 18 heavy (non-hydrogen) atoms.